The monoisotopic (exact) mass is 547 g/mol. The fourth-order valence-electron chi connectivity index (χ4n) is 5.03. The van der Waals surface area contributed by atoms with Crippen molar-refractivity contribution in [2.75, 3.05) is 13.1 Å². The Morgan fingerprint density at radius 1 is 1.24 bits per heavy atom. The summed E-state index contributed by atoms with van der Waals surface area (Å²) in [5.41, 5.74) is -2.36. The second kappa shape index (κ2) is 10.1. The number of aromatic nitrogens is 2. The van der Waals surface area contributed by atoms with E-state index in [0.717, 1.165) is 24.2 Å². The third kappa shape index (κ3) is 6.57. The van der Waals surface area contributed by atoms with Crippen LogP contribution >= 0.6 is 11.3 Å². The zero-order valence-corrected chi connectivity index (χ0v) is 21.6. The summed E-state index contributed by atoms with van der Waals surface area (Å²) in [5.74, 6) is -0.883. The van der Waals surface area contributed by atoms with Crippen molar-refractivity contribution in [3.63, 3.8) is 0 Å². The predicted octanol–water partition coefficient (Wildman–Crippen LogP) is 6.56. The molecular weight excluding hydrogens is 517 g/mol. The van der Waals surface area contributed by atoms with Gasteiger partial charge in [0.2, 0.25) is 5.88 Å². The van der Waals surface area contributed by atoms with Gasteiger partial charge in [0.1, 0.15) is 5.01 Å². The number of alkyl halides is 5. The highest BCUT2D eigenvalue weighted by molar-refractivity contribution is 7.15. The van der Waals surface area contributed by atoms with E-state index in [0.29, 0.717) is 55.5 Å². The second-order valence-corrected chi connectivity index (χ2v) is 12.4. The Kier molecular flexibility index (Phi) is 7.55. The molecule has 0 radical (unpaired) electrons. The van der Waals surface area contributed by atoms with E-state index in [4.69, 9.17) is 0 Å². The lowest BCUT2D eigenvalue weighted by Crippen LogP contribution is -2.53. The van der Waals surface area contributed by atoms with Crippen molar-refractivity contribution in [2.24, 2.45) is 22.7 Å². The maximum absolute atomic E-state index is 13.3. The number of hydrogen-bond acceptors (Lipinski definition) is 6. The summed E-state index contributed by atoms with van der Waals surface area (Å²) in [4.78, 5) is 22.9. The minimum absolute atomic E-state index is 0.0658. The molecule has 3 heterocycles. The molecule has 2 aromatic heterocycles. The van der Waals surface area contributed by atoms with Gasteiger partial charge in [-0.25, -0.2) is 9.97 Å². The van der Waals surface area contributed by atoms with E-state index in [1.165, 1.54) is 6.20 Å². The SMILES string of the molecule is CC(C)(C)[C@H]1CN(Cc2cnc(-c3cc(C(F)(F)F)cnc3OC(F)F)s2)C[C@](CC2CC2)(C(=O)O)C1. The molecule has 4 rings (SSSR count). The van der Waals surface area contributed by atoms with Crippen LogP contribution in [0.2, 0.25) is 0 Å². The van der Waals surface area contributed by atoms with Crippen LogP contribution in [-0.4, -0.2) is 45.6 Å². The highest BCUT2D eigenvalue weighted by atomic mass is 32.1. The molecule has 2 atom stereocenters. The van der Waals surface area contributed by atoms with Gasteiger partial charge < -0.3 is 9.84 Å². The molecule has 1 N–H and O–H groups in total. The fraction of sp³-hybridized carbons (Fsp3) is 0.640. The standard InChI is InChI=1S/C25H30F5N3O3S/c1-23(2,3)16-8-24(21(34)35,7-14-4-5-14)13-33(11-16)12-17-10-32-20(37-17)18-6-15(25(28,29)30)9-31-19(18)36-22(26)27/h6,9-10,14,16,22H,4-5,7-8,11-13H2,1-3H3,(H,34,35)/t16-,24-/m1/s1. The molecule has 0 aromatic carbocycles. The van der Waals surface area contributed by atoms with Gasteiger partial charge in [0, 0.05) is 36.9 Å². The number of hydrogen-bond donors (Lipinski definition) is 1. The molecule has 1 saturated heterocycles. The summed E-state index contributed by atoms with van der Waals surface area (Å²) >= 11 is 1.05. The van der Waals surface area contributed by atoms with Crippen molar-refractivity contribution in [1.82, 2.24) is 14.9 Å². The molecule has 0 unspecified atom stereocenters. The topological polar surface area (TPSA) is 75.5 Å². The largest absolute Gasteiger partial charge is 0.481 e. The molecule has 2 aliphatic rings. The summed E-state index contributed by atoms with van der Waals surface area (Å²) in [6.45, 7) is 4.41. The fourth-order valence-corrected chi connectivity index (χ4v) is 6.00. The van der Waals surface area contributed by atoms with Gasteiger partial charge in [0.15, 0.2) is 0 Å². The first-order valence-electron chi connectivity index (χ1n) is 12.1. The molecule has 1 aliphatic carbocycles. The summed E-state index contributed by atoms with van der Waals surface area (Å²) in [7, 11) is 0. The van der Waals surface area contributed by atoms with Crippen LogP contribution in [0, 0.1) is 22.7 Å². The molecule has 0 spiro atoms. The minimum Gasteiger partial charge on any atom is -0.481 e. The number of thiazole rings is 1. The molecular formula is C25H30F5N3O3S. The number of aliphatic carboxylic acids is 1. The van der Waals surface area contributed by atoms with Crippen molar-refractivity contribution < 1.29 is 36.6 Å². The van der Waals surface area contributed by atoms with E-state index in [1.54, 1.807) is 0 Å². The zero-order valence-electron chi connectivity index (χ0n) is 20.8. The van der Waals surface area contributed by atoms with Gasteiger partial charge in [0.05, 0.1) is 16.5 Å². The van der Waals surface area contributed by atoms with Gasteiger partial charge in [-0.1, -0.05) is 33.6 Å². The van der Waals surface area contributed by atoms with Crippen molar-refractivity contribution >= 4 is 17.3 Å². The highest BCUT2D eigenvalue weighted by Crippen LogP contribution is 2.49. The number of pyridine rings is 1. The first-order valence-corrected chi connectivity index (χ1v) is 12.9. The molecule has 1 saturated carbocycles. The number of rotatable bonds is 8. The van der Waals surface area contributed by atoms with Gasteiger partial charge in [-0.3, -0.25) is 9.69 Å². The van der Waals surface area contributed by atoms with Crippen LogP contribution in [0.4, 0.5) is 22.0 Å². The van der Waals surface area contributed by atoms with Crippen LogP contribution in [-0.2, 0) is 17.5 Å². The van der Waals surface area contributed by atoms with Crippen LogP contribution in [0.1, 0.15) is 56.9 Å². The number of ether oxygens (including phenoxy) is 1. The summed E-state index contributed by atoms with van der Waals surface area (Å²) in [5, 5.41) is 10.3. The van der Waals surface area contributed by atoms with E-state index < -0.39 is 35.6 Å². The Hall–Kier alpha value is -2.34. The zero-order chi connectivity index (χ0) is 27.2. The Labute approximate surface area is 215 Å². The smallest absolute Gasteiger partial charge is 0.417 e. The minimum atomic E-state index is -4.72. The lowest BCUT2D eigenvalue weighted by Gasteiger charge is -2.48. The second-order valence-electron chi connectivity index (χ2n) is 11.3. The Morgan fingerprint density at radius 3 is 2.51 bits per heavy atom. The molecule has 12 heteroatoms. The average molecular weight is 548 g/mol. The Morgan fingerprint density at radius 2 is 1.95 bits per heavy atom. The maximum Gasteiger partial charge on any atom is 0.417 e. The number of carbonyl (C=O) groups is 1. The lowest BCUT2D eigenvalue weighted by atomic mass is 9.65. The van der Waals surface area contributed by atoms with Crippen LogP contribution in [0.3, 0.4) is 0 Å². The number of carboxylic acids is 1. The molecule has 1 aliphatic heterocycles. The molecule has 6 nitrogen and oxygen atoms in total. The number of likely N-dealkylation sites (tertiary alicyclic amines) is 1. The highest BCUT2D eigenvalue weighted by Gasteiger charge is 2.50. The maximum atomic E-state index is 13.3. The Bertz CT molecular complexity index is 1130. The van der Waals surface area contributed by atoms with Crippen LogP contribution < -0.4 is 4.74 Å². The molecule has 37 heavy (non-hydrogen) atoms. The van der Waals surface area contributed by atoms with Crippen LogP contribution in [0.15, 0.2) is 18.5 Å². The Balaban J connectivity index is 1.61. The van der Waals surface area contributed by atoms with Gasteiger partial charge >= 0.3 is 18.8 Å². The molecule has 2 aromatic rings. The van der Waals surface area contributed by atoms with E-state index in [9.17, 15) is 31.9 Å². The van der Waals surface area contributed by atoms with Crippen LogP contribution in [0.25, 0.3) is 10.6 Å². The molecule has 2 fully saturated rings. The van der Waals surface area contributed by atoms with Crippen LogP contribution in [0.5, 0.6) is 5.88 Å². The lowest BCUT2D eigenvalue weighted by molar-refractivity contribution is -0.157. The van der Waals surface area contributed by atoms with E-state index in [2.05, 4.69) is 40.4 Å². The normalized spacial score (nSPS) is 23.4. The van der Waals surface area contributed by atoms with E-state index in [1.807, 2.05) is 0 Å². The van der Waals surface area contributed by atoms with E-state index in [-0.39, 0.29) is 21.9 Å². The van der Waals surface area contributed by atoms with Crippen molar-refractivity contribution in [1.29, 1.82) is 0 Å². The van der Waals surface area contributed by atoms with Crippen molar-refractivity contribution in [2.45, 2.75) is 65.8 Å². The summed E-state index contributed by atoms with van der Waals surface area (Å²) < 4.78 is 69.9. The third-order valence-electron chi connectivity index (χ3n) is 7.24. The average Bonchev–Trinajstić information content (AvgIpc) is 3.46. The number of nitrogens with zero attached hydrogens (tertiary/aromatic N) is 3. The van der Waals surface area contributed by atoms with Crippen molar-refractivity contribution in [3.8, 4) is 16.5 Å². The van der Waals surface area contributed by atoms with Crippen molar-refractivity contribution in [3.05, 3.63) is 28.9 Å². The van der Waals surface area contributed by atoms with E-state index >= 15 is 0 Å². The number of carboxylic acid groups (broad SMARTS) is 1. The van der Waals surface area contributed by atoms with Gasteiger partial charge in [0.25, 0.3) is 0 Å². The molecule has 0 bridgehead atoms. The number of halogens is 5. The van der Waals surface area contributed by atoms with Gasteiger partial charge in [-0.2, -0.15) is 22.0 Å². The van der Waals surface area contributed by atoms with Gasteiger partial charge in [-0.05, 0) is 36.2 Å². The third-order valence-corrected chi connectivity index (χ3v) is 8.25. The quantitative estimate of drug-likeness (QED) is 0.377. The first kappa shape index (κ1) is 27.7. The summed E-state index contributed by atoms with van der Waals surface area (Å²) in [6.07, 6.45) is 0.518. The molecule has 0 amide bonds. The first-order chi connectivity index (χ1) is 17.2. The van der Waals surface area contributed by atoms with Gasteiger partial charge in [-0.15, -0.1) is 11.3 Å². The number of piperidine rings is 1. The predicted molar refractivity (Wildman–Crippen MR) is 127 cm³/mol. The molecule has 204 valence electrons. The summed E-state index contributed by atoms with van der Waals surface area (Å²) in [6, 6.07) is 0.703.